The van der Waals surface area contributed by atoms with Crippen molar-refractivity contribution in [1.29, 1.82) is 0 Å². The smallest absolute Gasteiger partial charge is 0.286 e. The molecular formula is C26H40N2O8S. The number of rotatable bonds is 14. The first-order valence-electron chi connectivity index (χ1n) is 12.9. The van der Waals surface area contributed by atoms with Crippen LogP contribution < -0.4 is 10.1 Å². The molecule has 1 aromatic carbocycles. The van der Waals surface area contributed by atoms with Crippen LogP contribution in [0.25, 0.3) is 0 Å². The van der Waals surface area contributed by atoms with Crippen LogP contribution in [0.3, 0.4) is 0 Å². The summed E-state index contributed by atoms with van der Waals surface area (Å²) in [7, 11) is -0.768. The summed E-state index contributed by atoms with van der Waals surface area (Å²) in [6.07, 6.45) is 7.66. The van der Waals surface area contributed by atoms with Crippen LogP contribution >= 0.6 is 0 Å². The highest BCUT2D eigenvalue weighted by molar-refractivity contribution is 7.89. The molecule has 1 aromatic rings. The average Bonchev–Trinajstić information content (AvgIpc) is 2.93. The van der Waals surface area contributed by atoms with Gasteiger partial charge in [-0.25, -0.2) is 8.42 Å². The maximum atomic E-state index is 13.1. The molecule has 3 rings (SSSR count). The summed E-state index contributed by atoms with van der Waals surface area (Å²) in [4.78, 5) is 12.8. The lowest BCUT2D eigenvalue weighted by molar-refractivity contribution is -0.151. The fourth-order valence-corrected chi connectivity index (χ4v) is 6.25. The van der Waals surface area contributed by atoms with E-state index in [1.165, 1.54) is 42.8 Å². The van der Waals surface area contributed by atoms with Crippen molar-refractivity contribution in [3.8, 4) is 5.75 Å². The van der Waals surface area contributed by atoms with Gasteiger partial charge in [-0.1, -0.05) is 19.3 Å². The van der Waals surface area contributed by atoms with Crippen molar-refractivity contribution in [2.45, 2.75) is 49.7 Å². The molecule has 0 unspecified atom stereocenters. The van der Waals surface area contributed by atoms with Crippen LogP contribution in [0.15, 0.2) is 41.0 Å². The van der Waals surface area contributed by atoms with E-state index in [1.807, 2.05) is 6.08 Å². The number of carbonyl (C=O) groups is 1. The Kier molecular flexibility index (Phi) is 11.7. The quantitative estimate of drug-likeness (QED) is 0.345. The Hall–Kier alpha value is -2.18. The second kappa shape index (κ2) is 14.7. The maximum absolute atomic E-state index is 13.1. The number of nitrogens with zero attached hydrogens (tertiary/aromatic N) is 1. The largest absolute Gasteiger partial charge is 0.497 e. The van der Waals surface area contributed by atoms with Crippen LogP contribution in [0, 0.1) is 11.8 Å². The Morgan fingerprint density at radius 3 is 2.49 bits per heavy atom. The molecular weight excluding hydrogens is 500 g/mol. The van der Waals surface area contributed by atoms with Crippen LogP contribution in [0.2, 0.25) is 0 Å². The molecule has 0 saturated heterocycles. The number of allylic oxidation sites excluding steroid dienone is 1. The van der Waals surface area contributed by atoms with Crippen LogP contribution in [-0.4, -0.2) is 83.7 Å². The summed E-state index contributed by atoms with van der Waals surface area (Å²) in [6, 6.07) is 6.09. The number of nitrogens with one attached hydrogen (secondary N) is 1. The highest BCUT2D eigenvalue weighted by Crippen LogP contribution is 2.37. The van der Waals surface area contributed by atoms with E-state index in [0.717, 1.165) is 12.8 Å². The molecule has 0 bridgehead atoms. The van der Waals surface area contributed by atoms with E-state index in [2.05, 4.69) is 5.32 Å². The fourth-order valence-electron chi connectivity index (χ4n) is 4.84. The fraction of sp³-hybridized carbons (Fsp3) is 0.654. The molecule has 11 heteroatoms. The lowest BCUT2D eigenvalue weighted by atomic mass is 9.77. The third-order valence-corrected chi connectivity index (χ3v) is 8.76. The highest BCUT2D eigenvalue weighted by atomic mass is 32.2. The summed E-state index contributed by atoms with van der Waals surface area (Å²) in [5.74, 6) is 1.09. The molecule has 10 nitrogen and oxygen atoms in total. The molecule has 0 spiro atoms. The van der Waals surface area contributed by atoms with Gasteiger partial charge in [-0.3, -0.25) is 4.79 Å². The Balaban J connectivity index is 1.64. The Labute approximate surface area is 220 Å². The van der Waals surface area contributed by atoms with Gasteiger partial charge in [0.2, 0.25) is 16.3 Å². The van der Waals surface area contributed by atoms with Crippen molar-refractivity contribution in [2.24, 2.45) is 11.8 Å². The van der Waals surface area contributed by atoms with Gasteiger partial charge in [-0.2, -0.15) is 4.31 Å². The Bertz CT molecular complexity index is 977. The van der Waals surface area contributed by atoms with Crippen molar-refractivity contribution in [1.82, 2.24) is 9.62 Å². The van der Waals surface area contributed by atoms with E-state index in [0.29, 0.717) is 31.2 Å². The molecule has 37 heavy (non-hydrogen) atoms. The SMILES string of the molecule is COCCNC(=O)C1=C[C@H](C2CCCCC2)C[C@H](OCCN(CCO)S(=O)(=O)c2ccc(OC)cc2)O1. The van der Waals surface area contributed by atoms with Gasteiger partial charge in [0.1, 0.15) is 5.75 Å². The second-order valence-corrected chi connectivity index (χ2v) is 11.2. The molecule has 2 N–H and O–H groups in total. The van der Waals surface area contributed by atoms with E-state index < -0.39 is 16.3 Å². The van der Waals surface area contributed by atoms with Crippen molar-refractivity contribution in [3.63, 3.8) is 0 Å². The highest BCUT2D eigenvalue weighted by Gasteiger charge is 2.33. The molecule has 1 saturated carbocycles. The Morgan fingerprint density at radius 1 is 1.11 bits per heavy atom. The van der Waals surface area contributed by atoms with Gasteiger partial charge in [0.25, 0.3) is 5.91 Å². The third-order valence-electron chi connectivity index (χ3n) is 6.85. The number of aliphatic hydroxyl groups is 1. The predicted octanol–water partition coefficient (Wildman–Crippen LogP) is 2.28. The van der Waals surface area contributed by atoms with Gasteiger partial charge in [-0.05, 0) is 55.0 Å². The van der Waals surface area contributed by atoms with Crippen LogP contribution in [0.5, 0.6) is 5.75 Å². The van der Waals surface area contributed by atoms with E-state index in [9.17, 15) is 18.3 Å². The van der Waals surface area contributed by atoms with Crippen LogP contribution in [0.1, 0.15) is 38.5 Å². The number of methoxy groups -OCH3 is 2. The van der Waals surface area contributed by atoms with Gasteiger partial charge in [-0.15, -0.1) is 0 Å². The van der Waals surface area contributed by atoms with Crippen molar-refractivity contribution < 1.29 is 37.3 Å². The lowest BCUT2D eigenvalue weighted by Crippen LogP contribution is -2.39. The normalized spacial score (nSPS) is 20.8. The van der Waals surface area contributed by atoms with E-state index in [4.69, 9.17) is 18.9 Å². The summed E-state index contributed by atoms with van der Waals surface area (Å²) in [5.41, 5.74) is 0. The number of hydrogen-bond acceptors (Lipinski definition) is 8. The van der Waals surface area contributed by atoms with E-state index in [-0.39, 0.29) is 48.8 Å². The maximum Gasteiger partial charge on any atom is 0.286 e. The molecule has 2 atom stereocenters. The number of amides is 1. The van der Waals surface area contributed by atoms with Crippen molar-refractivity contribution in [3.05, 3.63) is 36.1 Å². The van der Waals surface area contributed by atoms with E-state index in [1.54, 1.807) is 19.2 Å². The molecule has 0 aromatic heterocycles. The van der Waals surface area contributed by atoms with Gasteiger partial charge in [0.05, 0.1) is 31.8 Å². The minimum Gasteiger partial charge on any atom is -0.497 e. The zero-order chi connectivity index (χ0) is 26.7. The van der Waals surface area contributed by atoms with Crippen molar-refractivity contribution in [2.75, 3.05) is 53.7 Å². The first-order valence-corrected chi connectivity index (χ1v) is 14.3. The number of aliphatic hydroxyl groups excluding tert-OH is 1. The molecule has 208 valence electrons. The van der Waals surface area contributed by atoms with Crippen molar-refractivity contribution >= 4 is 15.9 Å². The molecule has 1 fully saturated rings. The molecule has 1 amide bonds. The van der Waals surface area contributed by atoms with Gasteiger partial charge >= 0.3 is 0 Å². The average molecular weight is 541 g/mol. The number of carbonyl (C=O) groups excluding carboxylic acids is 1. The molecule has 2 aliphatic rings. The predicted molar refractivity (Wildman–Crippen MR) is 137 cm³/mol. The summed E-state index contributed by atoms with van der Waals surface area (Å²) in [5, 5.41) is 12.3. The molecule has 0 radical (unpaired) electrons. The van der Waals surface area contributed by atoms with E-state index >= 15 is 0 Å². The zero-order valence-corrected chi connectivity index (χ0v) is 22.6. The first kappa shape index (κ1) is 29.4. The monoisotopic (exact) mass is 540 g/mol. The first-order chi connectivity index (χ1) is 17.9. The minimum absolute atomic E-state index is 0.0297. The van der Waals surface area contributed by atoms with Crippen LogP contribution in [0.4, 0.5) is 0 Å². The molecule has 1 aliphatic carbocycles. The Morgan fingerprint density at radius 2 is 1.84 bits per heavy atom. The lowest BCUT2D eigenvalue weighted by Gasteiger charge is -2.35. The third kappa shape index (κ3) is 8.41. The van der Waals surface area contributed by atoms with Crippen LogP contribution in [-0.2, 0) is 29.0 Å². The number of sulfonamides is 1. The van der Waals surface area contributed by atoms with Gasteiger partial charge < -0.3 is 29.4 Å². The van der Waals surface area contributed by atoms with Gasteiger partial charge in [0.15, 0.2) is 5.76 Å². The standard InChI is InChI=1S/C26H40N2O8S/c1-33-16-12-27-26(30)24-18-21(20-6-4-3-5-7-20)19-25(36-24)35-17-14-28(13-15-29)37(31,32)23-10-8-22(34-2)9-11-23/h8-11,18,20-21,25,29H,3-7,12-17,19H2,1-2H3,(H,27,30)/t21-,25+/m0/s1. The number of benzene rings is 1. The topological polar surface area (TPSA) is 124 Å². The summed E-state index contributed by atoms with van der Waals surface area (Å²) < 4.78 is 49.5. The summed E-state index contributed by atoms with van der Waals surface area (Å²) >= 11 is 0. The number of ether oxygens (including phenoxy) is 4. The van der Waals surface area contributed by atoms with Gasteiger partial charge in [0, 0.05) is 33.2 Å². The summed E-state index contributed by atoms with van der Waals surface area (Å²) in [6.45, 7) is 0.454. The molecule has 1 aliphatic heterocycles. The second-order valence-electron chi connectivity index (χ2n) is 9.30. The minimum atomic E-state index is -3.85. The molecule has 1 heterocycles. The zero-order valence-electron chi connectivity index (χ0n) is 21.8. The number of hydrogen-bond donors (Lipinski definition) is 2.